The number of nitro groups is 1. The molecule has 6 nitrogen and oxygen atoms in total. The van der Waals surface area contributed by atoms with E-state index in [1.807, 2.05) is 0 Å². The van der Waals surface area contributed by atoms with E-state index < -0.39 is 4.92 Å². The molecule has 0 aliphatic heterocycles. The second-order valence-corrected chi connectivity index (χ2v) is 3.27. The molecule has 0 N–H and O–H groups in total. The van der Waals surface area contributed by atoms with Gasteiger partial charge in [-0.25, -0.2) is 0 Å². The summed E-state index contributed by atoms with van der Waals surface area (Å²) in [6, 6.07) is 0. The van der Waals surface area contributed by atoms with Crippen molar-refractivity contribution in [2.75, 3.05) is 0 Å². The number of rotatable bonds is 4. The highest BCUT2D eigenvalue weighted by molar-refractivity contribution is 5.79. The van der Waals surface area contributed by atoms with Gasteiger partial charge in [-0.15, -0.1) is 0 Å². The van der Waals surface area contributed by atoms with E-state index >= 15 is 0 Å². The highest BCUT2D eigenvalue weighted by atomic mass is 16.6. The number of ketones is 1. The van der Waals surface area contributed by atoms with Crippen molar-refractivity contribution in [1.82, 2.24) is 9.78 Å². The predicted molar refractivity (Wildman–Crippen MR) is 48.7 cm³/mol. The van der Waals surface area contributed by atoms with Crippen LogP contribution in [0, 0.1) is 16.0 Å². The van der Waals surface area contributed by atoms with Gasteiger partial charge < -0.3 is 0 Å². The van der Waals surface area contributed by atoms with Crippen molar-refractivity contribution >= 4 is 11.5 Å². The molecule has 0 unspecified atom stereocenters. The molecule has 14 heavy (non-hydrogen) atoms. The molecule has 1 aromatic heterocycles. The van der Waals surface area contributed by atoms with Crippen LogP contribution in [0.5, 0.6) is 0 Å². The molecule has 1 rings (SSSR count). The maximum absolute atomic E-state index is 11.3. The average molecular weight is 197 g/mol. The van der Waals surface area contributed by atoms with E-state index in [2.05, 4.69) is 5.10 Å². The van der Waals surface area contributed by atoms with E-state index in [1.54, 1.807) is 13.8 Å². The lowest BCUT2D eigenvalue weighted by Crippen LogP contribution is -2.15. The smallest absolute Gasteiger partial charge is 0.297 e. The first-order valence-corrected chi connectivity index (χ1v) is 4.20. The van der Waals surface area contributed by atoms with Crippen LogP contribution in [0.25, 0.3) is 0 Å². The zero-order chi connectivity index (χ0) is 10.7. The lowest BCUT2D eigenvalue weighted by Gasteiger charge is -2.02. The fourth-order valence-corrected chi connectivity index (χ4v) is 0.876. The Balaban J connectivity index is 2.69. The van der Waals surface area contributed by atoms with E-state index in [0.29, 0.717) is 0 Å². The van der Waals surface area contributed by atoms with Crippen LogP contribution in [0.2, 0.25) is 0 Å². The Kier molecular flexibility index (Phi) is 2.95. The van der Waals surface area contributed by atoms with Crippen molar-refractivity contribution < 1.29 is 9.72 Å². The van der Waals surface area contributed by atoms with Crippen LogP contribution in [0.15, 0.2) is 12.4 Å². The van der Waals surface area contributed by atoms with Crippen molar-refractivity contribution in [3.05, 3.63) is 22.5 Å². The topological polar surface area (TPSA) is 78.0 Å². The van der Waals surface area contributed by atoms with Gasteiger partial charge in [0.2, 0.25) is 0 Å². The third-order valence-electron chi connectivity index (χ3n) is 1.79. The summed E-state index contributed by atoms with van der Waals surface area (Å²) in [5.74, 6) is -0.0822. The number of hydrogen-bond donors (Lipinski definition) is 0. The Morgan fingerprint density at radius 1 is 1.71 bits per heavy atom. The molecular formula is C8H11N3O3. The molecule has 1 aromatic rings. The standard InChI is InChI=1S/C8H11N3O3/c1-6(2)8(12)5-10-4-7(3-9-10)11(13)14/h3-4,6H,5H2,1-2H3. The molecule has 6 heteroatoms. The quantitative estimate of drug-likeness (QED) is 0.533. The van der Waals surface area contributed by atoms with Gasteiger partial charge in [0.25, 0.3) is 0 Å². The van der Waals surface area contributed by atoms with Crippen LogP contribution in [0.1, 0.15) is 13.8 Å². The Labute approximate surface area is 80.7 Å². The molecule has 0 amide bonds. The summed E-state index contributed by atoms with van der Waals surface area (Å²) in [7, 11) is 0. The molecule has 0 radical (unpaired) electrons. The summed E-state index contributed by atoms with van der Waals surface area (Å²) in [5.41, 5.74) is -0.0958. The minimum Gasteiger partial charge on any atom is -0.297 e. The van der Waals surface area contributed by atoms with Crippen molar-refractivity contribution in [2.45, 2.75) is 20.4 Å². The van der Waals surface area contributed by atoms with Crippen LogP contribution >= 0.6 is 0 Å². The minimum absolute atomic E-state index is 0.00278. The summed E-state index contributed by atoms with van der Waals surface area (Å²) in [5, 5.41) is 14.0. The largest absolute Gasteiger partial charge is 0.307 e. The third kappa shape index (κ3) is 2.38. The average Bonchev–Trinajstić information content (AvgIpc) is 2.52. The molecule has 0 aliphatic carbocycles. The Morgan fingerprint density at radius 3 is 2.79 bits per heavy atom. The predicted octanol–water partition coefficient (Wildman–Crippen LogP) is 1.02. The van der Waals surface area contributed by atoms with Gasteiger partial charge in [0.1, 0.15) is 12.4 Å². The fraction of sp³-hybridized carbons (Fsp3) is 0.500. The molecular weight excluding hydrogens is 186 g/mol. The first kappa shape index (κ1) is 10.4. The number of carbonyl (C=O) groups excluding carboxylic acids is 1. The fourth-order valence-electron chi connectivity index (χ4n) is 0.876. The van der Waals surface area contributed by atoms with Crippen molar-refractivity contribution in [1.29, 1.82) is 0 Å². The molecule has 0 bridgehead atoms. The molecule has 0 fully saturated rings. The van der Waals surface area contributed by atoms with Crippen LogP contribution < -0.4 is 0 Å². The van der Waals surface area contributed by atoms with Crippen LogP contribution in [-0.4, -0.2) is 20.5 Å². The van der Waals surface area contributed by atoms with E-state index in [0.717, 1.165) is 6.20 Å². The Morgan fingerprint density at radius 2 is 2.36 bits per heavy atom. The second kappa shape index (κ2) is 3.99. The zero-order valence-corrected chi connectivity index (χ0v) is 8.01. The molecule has 0 aromatic carbocycles. The highest BCUT2D eigenvalue weighted by Crippen LogP contribution is 2.08. The van der Waals surface area contributed by atoms with Crippen molar-refractivity contribution in [3.63, 3.8) is 0 Å². The summed E-state index contributed by atoms with van der Waals surface area (Å²) in [4.78, 5) is 21.0. The first-order valence-electron chi connectivity index (χ1n) is 4.20. The van der Waals surface area contributed by atoms with E-state index in [9.17, 15) is 14.9 Å². The van der Waals surface area contributed by atoms with Gasteiger partial charge in [0, 0.05) is 5.92 Å². The van der Waals surface area contributed by atoms with Crippen LogP contribution in [0.4, 0.5) is 5.69 Å². The van der Waals surface area contributed by atoms with Gasteiger partial charge >= 0.3 is 5.69 Å². The van der Waals surface area contributed by atoms with Crippen molar-refractivity contribution in [3.8, 4) is 0 Å². The lowest BCUT2D eigenvalue weighted by molar-refractivity contribution is -0.385. The molecule has 0 aliphatic rings. The first-order chi connectivity index (χ1) is 6.50. The van der Waals surface area contributed by atoms with E-state index in [4.69, 9.17) is 0 Å². The number of hydrogen-bond acceptors (Lipinski definition) is 4. The second-order valence-electron chi connectivity index (χ2n) is 3.27. The molecule has 76 valence electrons. The van der Waals surface area contributed by atoms with Gasteiger partial charge in [-0.2, -0.15) is 5.10 Å². The van der Waals surface area contributed by atoms with Gasteiger partial charge in [0.05, 0.1) is 11.5 Å². The molecule has 0 saturated carbocycles. The summed E-state index contributed by atoms with van der Waals surface area (Å²) >= 11 is 0. The Hall–Kier alpha value is -1.72. The van der Waals surface area contributed by atoms with Gasteiger partial charge in [0.15, 0.2) is 5.78 Å². The number of carbonyl (C=O) groups is 1. The monoisotopic (exact) mass is 197 g/mol. The normalized spacial score (nSPS) is 10.5. The summed E-state index contributed by atoms with van der Waals surface area (Å²) < 4.78 is 1.28. The van der Waals surface area contributed by atoms with Crippen molar-refractivity contribution in [2.24, 2.45) is 5.92 Å². The van der Waals surface area contributed by atoms with Crippen LogP contribution in [-0.2, 0) is 11.3 Å². The number of nitrogens with zero attached hydrogens (tertiary/aromatic N) is 3. The summed E-state index contributed by atoms with van der Waals surface area (Å²) in [6.07, 6.45) is 2.38. The maximum atomic E-state index is 11.3. The minimum atomic E-state index is -0.538. The van der Waals surface area contributed by atoms with Crippen LogP contribution in [0.3, 0.4) is 0 Å². The SMILES string of the molecule is CC(C)C(=O)Cn1cc([N+](=O)[O-])cn1. The maximum Gasteiger partial charge on any atom is 0.307 e. The highest BCUT2D eigenvalue weighted by Gasteiger charge is 2.12. The molecule has 0 atom stereocenters. The van der Waals surface area contributed by atoms with Gasteiger partial charge in [-0.1, -0.05) is 13.8 Å². The lowest BCUT2D eigenvalue weighted by atomic mass is 10.1. The van der Waals surface area contributed by atoms with E-state index in [-0.39, 0.29) is 23.9 Å². The van der Waals surface area contributed by atoms with E-state index in [1.165, 1.54) is 10.9 Å². The molecule has 1 heterocycles. The van der Waals surface area contributed by atoms with Gasteiger partial charge in [-0.05, 0) is 0 Å². The third-order valence-corrected chi connectivity index (χ3v) is 1.79. The number of aromatic nitrogens is 2. The molecule has 0 saturated heterocycles. The zero-order valence-electron chi connectivity index (χ0n) is 8.01. The Bertz CT molecular complexity index is 356. The van der Waals surface area contributed by atoms with Gasteiger partial charge in [-0.3, -0.25) is 19.6 Å². The number of Topliss-reactive ketones (excluding diaryl/α,β-unsaturated/α-hetero) is 1. The molecule has 0 spiro atoms. The summed E-state index contributed by atoms with van der Waals surface area (Å²) in [6.45, 7) is 3.64.